The molecule has 0 saturated heterocycles. The number of nitrogens with one attached hydrogen (secondary N) is 2. The Morgan fingerprint density at radius 2 is 1.91 bits per heavy atom. The van der Waals surface area contributed by atoms with Crippen LogP contribution in [0.25, 0.3) is 11.3 Å². The molecule has 2 N–H and O–H groups in total. The molecule has 180 valence electrons. The molecule has 4 rings (SSSR count). The number of aryl methyl sites for hydroxylation is 1. The maximum absolute atomic E-state index is 14.9. The predicted octanol–water partition coefficient (Wildman–Crippen LogP) is 3.85. The summed E-state index contributed by atoms with van der Waals surface area (Å²) in [6.07, 6.45) is 1.81. The molecule has 13 heteroatoms. The van der Waals surface area contributed by atoms with Crippen molar-refractivity contribution in [3.8, 4) is 17.3 Å². The summed E-state index contributed by atoms with van der Waals surface area (Å²) in [6, 6.07) is 3.84. The Kier molecular flexibility index (Phi) is 6.12. The average molecular weight is 485 g/mol. The van der Waals surface area contributed by atoms with Crippen LogP contribution in [-0.2, 0) is 16.6 Å². The number of nitriles is 1. The van der Waals surface area contributed by atoms with Gasteiger partial charge in [-0.2, -0.15) is 14.8 Å². The Balaban J connectivity index is 1.50. The highest BCUT2D eigenvalue weighted by Gasteiger charge is 2.50. The number of hydrogen-bond acceptors (Lipinski definition) is 7. The molecule has 3 aromatic rings. The van der Waals surface area contributed by atoms with E-state index in [4.69, 9.17) is 10.00 Å². The fourth-order valence-electron chi connectivity index (χ4n) is 3.30. The van der Waals surface area contributed by atoms with Gasteiger partial charge in [0.15, 0.2) is 5.82 Å². The molecular formula is C22H18F3N7O3. The first-order chi connectivity index (χ1) is 16.6. The van der Waals surface area contributed by atoms with Crippen LogP contribution < -0.4 is 10.6 Å². The second-order valence-corrected chi connectivity index (χ2v) is 7.94. The molecule has 1 fully saturated rings. The van der Waals surface area contributed by atoms with Gasteiger partial charge in [-0.05, 0) is 25.8 Å². The summed E-state index contributed by atoms with van der Waals surface area (Å²) in [7, 11) is 1.47. The maximum Gasteiger partial charge on any atom is 0.413 e. The molecule has 3 heterocycles. The number of carbonyl (C=O) groups is 2. The first-order valence-electron chi connectivity index (χ1n) is 10.3. The van der Waals surface area contributed by atoms with Gasteiger partial charge < -0.3 is 10.1 Å². The lowest BCUT2D eigenvalue weighted by atomic mass is 10.1. The Morgan fingerprint density at radius 3 is 2.57 bits per heavy atom. The molecule has 3 aromatic heterocycles. The zero-order chi connectivity index (χ0) is 25.3. The molecule has 0 radical (unpaired) electrons. The summed E-state index contributed by atoms with van der Waals surface area (Å²) >= 11 is 0. The van der Waals surface area contributed by atoms with E-state index >= 15 is 0 Å². The van der Waals surface area contributed by atoms with E-state index in [1.54, 1.807) is 0 Å². The average Bonchev–Trinajstić information content (AvgIpc) is 3.55. The molecule has 0 bridgehead atoms. The lowest BCUT2D eigenvalue weighted by Crippen LogP contribution is -2.22. The van der Waals surface area contributed by atoms with Crippen molar-refractivity contribution in [2.24, 2.45) is 12.5 Å². The summed E-state index contributed by atoms with van der Waals surface area (Å²) in [5.41, 5.74) is -1.37. The molecular weight excluding hydrogens is 467 g/mol. The van der Waals surface area contributed by atoms with Crippen LogP contribution >= 0.6 is 0 Å². The van der Waals surface area contributed by atoms with Crippen LogP contribution in [-0.4, -0.2) is 31.7 Å². The van der Waals surface area contributed by atoms with Gasteiger partial charge in [-0.15, -0.1) is 0 Å². The van der Waals surface area contributed by atoms with Crippen LogP contribution in [0.5, 0.6) is 0 Å². The Morgan fingerprint density at radius 1 is 1.17 bits per heavy atom. The number of carbonyl (C=O) groups excluding carboxylic acids is 2. The van der Waals surface area contributed by atoms with E-state index < -0.39 is 41.1 Å². The molecule has 35 heavy (non-hydrogen) atoms. The van der Waals surface area contributed by atoms with Crippen molar-refractivity contribution in [1.82, 2.24) is 19.7 Å². The number of rotatable bonds is 6. The van der Waals surface area contributed by atoms with E-state index in [0.29, 0.717) is 19.0 Å². The monoisotopic (exact) mass is 485 g/mol. The topological polar surface area (TPSA) is 135 Å². The van der Waals surface area contributed by atoms with E-state index in [2.05, 4.69) is 25.7 Å². The number of amides is 2. The van der Waals surface area contributed by atoms with Crippen molar-refractivity contribution >= 4 is 23.5 Å². The minimum absolute atomic E-state index is 0.0182. The van der Waals surface area contributed by atoms with Gasteiger partial charge in [-0.3, -0.25) is 19.8 Å². The van der Waals surface area contributed by atoms with Crippen molar-refractivity contribution in [2.75, 3.05) is 10.6 Å². The van der Waals surface area contributed by atoms with Crippen LogP contribution in [0.3, 0.4) is 0 Å². The van der Waals surface area contributed by atoms with Crippen molar-refractivity contribution in [1.29, 1.82) is 5.26 Å². The second kappa shape index (κ2) is 9.05. The SMILES string of the molecule is C[C@@H](OC(=O)Nc1c(-c2ncc(NC(=O)C3(C#N)CC3)cc2F)cnn1C)c1cc(F)cnc1F. The molecule has 1 atom stereocenters. The lowest BCUT2D eigenvalue weighted by Gasteiger charge is -2.15. The van der Waals surface area contributed by atoms with Crippen LogP contribution in [0.2, 0.25) is 0 Å². The van der Waals surface area contributed by atoms with Crippen molar-refractivity contribution in [3.63, 3.8) is 0 Å². The van der Waals surface area contributed by atoms with Gasteiger partial charge in [0.1, 0.15) is 28.8 Å². The van der Waals surface area contributed by atoms with E-state index in [0.717, 1.165) is 12.1 Å². The van der Waals surface area contributed by atoms with Crippen molar-refractivity contribution in [3.05, 3.63) is 53.9 Å². The minimum atomic E-state index is -1.18. The van der Waals surface area contributed by atoms with E-state index in [9.17, 15) is 22.8 Å². The number of halogens is 3. The van der Waals surface area contributed by atoms with Crippen LogP contribution in [0.15, 0.2) is 30.7 Å². The number of pyridine rings is 2. The number of aromatic nitrogens is 4. The van der Waals surface area contributed by atoms with E-state index in [1.807, 2.05) is 6.07 Å². The third-order valence-corrected chi connectivity index (χ3v) is 5.47. The second-order valence-electron chi connectivity index (χ2n) is 7.94. The molecule has 0 unspecified atom stereocenters. The molecule has 1 aliphatic carbocycles. The fraction of sp³-hybridized carbons (Fsp3) is 0.273. The molecule has 0 spiro atoms. The summed E-state index contributed by atoms with van der Waals surface area (Å²) < 4.78 is 48.4. The third-order valence-electron chi connectivity index (χ3n) is 5.47. The van der Waals surface area contributed by atoms with Crippen LogP contribution in [0.4, 0.5) is 29.5 Å². The quantitative estimate of drug-likeness (QED) is 0.507. The molecule has 2 amide bonds. The molecule has 1 saturated carbocycles. The normalized spacial score (nSPS) is 14.5. The number of anilines is 2. The van der Waals surface area contributed by atoms with E-state index in [1.165, 1.54) is 31.0 Å². The highest BCUT2D eigenvalue weighted by Crippen LogP contribution is 2.45. The predicted molar refractivity (Wildman–Crippen MR) is 115 cm³/mol. The smallest absolute Gasteiger partial charge is 0.413 e. The lowest BCUT2D eigenvalue weighted by molar-refractivity contribution is -0.119. The Bertz CT molecular complexity index is 1360. The van der Waals surface area contributed by atoms with Crippen molar-refractivity contribution < 1.29 is 27.5 Å². The number of nitrogens with zero attached hydrogens (tertiary/aromatic N) is 5. The van der Waals surface area contributed by atoms with Crippen LogP contribution in [0, 0.1) is 34.3 Å². The Hall–Kier alpha value is -4.47. The molecule has 1 aliphatic rings. The summed E-state index contributed by atoms with van der Waals surface area (Å²) in [5.74, 6) is -3.12. The molecule has 0 aromatic carbocycles. The summed E-state index contributed by atoms with van der Waals surface area (Å²) in [5, 5.41) is 18.0. The standard InChI is InChI=1S/C22H18F3N7O3/c1-11(14-5-12(23)7-28-18(14)25)35-21(34)31-19-15(9-29-32(19)2)17-16(24)6-13(8-27-17)30-20(33)22(10-26)3-4-22/h5-9,11H,3-4H2,1-2H3,(H,30,33)(H,31,34)/t11-/m1/s1. The zero-order valence-corrected chi connectivity index (χ0v) is 18.5. The van der Waals surface area contributed by atoms with Gasteiger partial charge >= 0.3 is 6.09 Å². The number of hydrogen-bond donors (Lipinski definition) is 2. The number of ether oxygens (including phenoxy) is 1. The van der Waals surface area contributed by atoms with Gasteiger partial charge in [-0.1, -0.05) is 0 Å². The van der Waals surface area contributed by atoms with Gasteiger partial charge in [0.2, 0.25) is 11.9 Å². The largest absolute Gasteiger partial charge is 0.441 e. The first-order valence-corrected chi connectivity index (χ1v) is 10.3. The third kappa shape index (κ3) is 4.77. The fourth-order valence-corrected chi connectivity index (χ4v) is 3.30. The van der Waals surface area contributed by atoms with Crippen LogP contribution in [0.1, 0.15) is 31.4 Å². The highest BCUT2D eigenvalue weighted by atomic mass is 19.1. The minimum Gasteiger partial charge on any atom is -0.441 e. The molecule has 0 aliphatic heterocycles. The van der Waals surface area contributed by atoms with Gasteiger partial charge in [0.25, 0.3) is 0 Å². The van der Waals surface area contributed by atoms with E-state index in [-0.39, 0.29) is 28.3 Å². The maximum atomic E-state index is 14.9. The Labute approximate surface area is 196 Å². The molecule has 10 nitrogen and oxygen atoms in total. The first kappa shape index (κ1) is 23.7. The van der Waals surface area contributed by atoms with Gasteiger partial charge in [0.05, 0.1) is 41.5 Å². The van der Waals surface area contributed by atoms with Gasteiger partial charge in [0, 0.05) is 13.1 Å². The summed E-state index contributed by atoms with van der Waals surface area (Å²) in [6.45, 7) is 1.33. The van der Waals surface area contributed by atoms with Gasteiger partial charge in [-0.25, -0.2) is 18.6 Å². The summed E-state index contributed by atoms with van der Waals surface area (Å²) in [4.78, 5) is 31.9. The zero-order valence-electron chi connectivity index (χ0n) is 18.5. The van der Waals surface area contributed by atoms with Crippen molar-refractivity contribution in [2.45, 2.75) is 25.9 Å². The highest BCUT2D eigenvalue weighted by molar-refractivity contribution is 5.99.